The van der Waals surface area contributed by atoms with Gasteiger partial charge in [0.05, 0.1) is 7.11 Å². The maximum Gasteiger partial charge on any atom is 0.322 e. The number of hydrogen-bond acceptors (Lipinski definition) is 3. The third-order valence-corrected chi connectivity index (χ3v) is 3.23. The quantitative estimate of drug-likeness (QED) is 0.711. The van der Waals surface area contributed by atoms with Crippen LogP contribution in [-0.4, -0.2) is 25.7 Å². The molecule has 15 heavy (non-hydrogen) atoms. The summed E-state index contributed by atoms with van der Waals surface area (Å²) in [6, 6.07) is -0.0944. The number of hydrogen-bond donors (Lipinski definition) is 1. The summed E-state index contributed by atoms with van der Waals surface area (Å²) < 4.78 is 4.81. The lowest BCUT2D eigenvalue weighted by atomic mass is 9.85. The second-order valence-electron chi connectivity index (χ2n) is 4.37. The average Bonchev–Trinajstić information content (AvgIpc) is 2.29. The summed E-state index contributed by atoms with van der Waals surface area (Å²) in [7, 11) is 1.47. The number of nitrogens with one attached hydrogen (secondary N) is 1. The zero-order valence-electron chi connectivity index (χ0n) is 9.92. The van der Waals surface area contributed by atoms with Gasteiger partial charge >= 0.3 is 5.97 Å². The van der Waals surface area contributed by atoms with Gasteiger partial charge in [0.1, 0.15) is 6.04 Å². The van der Waals surface area contributed by atoms with E-state index in [9.17, 15) is 4.79 Å². The standard InChI is InChI=1S/C12H23NO2/c1-3-13-11(12(14)15-2)9-10-7-5-4-6-8-10/h10-11,13H,3-9H2,1-2H3. The molecule has 1 aliphatic rings. The van der Waals surface area contributed by atoms with Crippen molar-refractivity contribution in [2.24, 2.45) is 5.92 Å². The molecule has 0 saturated heterocycles. The molecule has 0 heterocycles. The summed E-state index contributed by atoms with van der Waals surface area (Å²) in [5.41, 5.74) is 0. The minimum absolute atomic E-state index is 0.0944. The molecule has 0 radical (unpaired) electrons. The van der Waals surface area contributed by atoms with E-state index in [0.717, 1.165) is 13.0 Å². The van der Waals surface area contributed by atoms with E-state index in [1.54, 1.807) is 0 Å². The van der Waals surface area contributed by atoms with Crippen molar-refractivity contribution in [2.75, 3.05) is 13.7 Å². The van der Waals surface area contributed by atoms with Gasteiger partial charge in [0.15, 0.2) is 0 Å². The van der Waals surface area contributed by atoms with Crippen LogP contribution >= 0.6 is 0 Å². The van der Waals surface area contributed by atoms with Gasteiger partial charge in [-0.2, -0.15) is 0 Å². The van der Waals surface area contributed by atoms with E-state index in [-0.39, 0.29) is 12.0 Å². The number of methoxy groups -OCH3 is 1. The minimum Gasteiger partial charge on any atom is -0.468 e. The van der Waals surface area contributed by atoms with Gasteiger partial charge in [-0.1, -0.05) is 39.0 Å². The van der Waals surface area contributed by atoms with Gasteiger partial charge in [-0.25, -0.2) is 0 Å². The lowest BCUT2D eigenvalue weighted by molar-refractivity contribution is -0.143. The molecular formula is C12H23NO2. The molecule has 0 spiro atoms. The van der Waals surface area contributed by atoms with Gasteiger partial charge < -0.3 is 10.1 Å². The number of carbonyl (C=O) groups is 1. The minimum atomic E-state index is -0.109. The number of likely N-dealkylation sites (N-methyl/N-ethyl adjacent to an activating group) is 1. The zero-order chi connectivity index (χ0) is 11.1. The Morgan fingerprint density at radius 3 is 2.60 bits per heavy atom. The molecule has 0 aromatic rings. The molecule has 0 aliphatic heterocycles. The van der Waals surface area contributed by atoms with E-state index in [4.69, 9.17) is 4.74 Å². The average molecular weight is 213 g/mol. The Bertz CT molecular complexity index is 188. The summed E-state index contributed by atoms with van der Waals surface area (Å²) >= 11 is 0. The topological polar surface area (TPSA) is 38.3 Å². The highest BCUT2D eigenvalue weighted by Crippen LogP contribution is 2.27. The predicted octanol–water partition coefficient (Wildman–Crippen LogP) is 2.11. The fourth-order valence-electron chi connectivity index (χ4n) is 2.41. The van der Waals surface area contributed by atoms with Crippen LogP contribution < -0.4 is 5.32 Å². The van der Waals surface area contributed by atoms with Gasteiger partial charge in [0.25, 0.3) is 0 Å². The van der Waals surface area contributed by atoms with Crippen molar-refractivity contribution in [2.45, 2.75) is 51.5 Å². The highest BCUT2D eigenvalue weighted by atomic mass is 16.5. The van der Waals surface area contributed by atoms with Crippen LogP contribution in [-0.2, 0) is 9.53 Å². The van der Waals surface area contributed by atoms with Gasteiger partial charge in [0, 0.05) is 0 Å². The van der Waals surface area contributed by atoms with E-state index in [0.29, 0.717) is 5.92 Å². The predicted molar refractivity (Wildman–Crippen MR) is 60.7 cm³/mol. The maximum atomic E-state index is 11.5. The highest BCUT2D eigenvalue weighted by molar-refractivity contribution is 5.75. The largest absolute Gasteiger partial charge is 0.468 e. The molecule has 0 aromatic heterocycles. The van der Waals surface area contributed by atoms with Crippen LogP contribution in [0.25, 0.3) is 0 Å². The van der Waals surface area contributed by atoms with Crippen LogP contribution in [0.1, 0.15) is 45.4 Å². The molecule has 0 bridgehead atoms. The Kier molecular flexibility index (Phi) is 5.69. The van der Waals surface area contributed by atoms with Gasteiger partial charge in [0.2, 0.25) is 0 Å². The Labute approximate surface area is 92.6 Å². The second kappa shape index (κ2) is 6.83. The molecule has 88 valence electrons. The van der Waals surface area contributed by atoms with E-state index in [1.807, 2.05) is 6.92 Å². The van der Waals surface area contributed by atoms with Crippen LogP contribution in [0.15, 0.2) is 0 Å². The number of rotatable bonds is 5. The van der Waals surface area contributed by atoms with Crippen LogP contribution in [0.5, 0.6) is 0 Å². The van der Waals surface area contributed by atoms with E-state index < -0.39 is 0 Å². The molecule has 1 fully saturated rings. The Hall–Kier alpha value is -0.570. The fraction of sp³-hybridized carbons (Fsp3) is 0.917. The first-order valence-electron chi connectivity index (χ1n) is 6.09. The van der Waals surface area contributed by atoms with Crippen LogP contribution in [0.2, 0.25) is 0 Å². The van der Waals surface area contributed by atoms with E-state index in [2.05, 4.69) is 5.32 Å². The lowest BCUT2D eigenvalue weighted by Crippen LogP contribution is -2.39. The molecule has 0 amide bonds. The van der Waals surface area contributed by atoms with Gasteiger partial charge in [-0.15, -0.1) is 0 Å². The number of esters is 1. The van der Waals surface area contributed by atoms with Gasteiger partial charge in [-0.3, -0.25) is 4.79 Å². The Morgan fingerprint density at radius 2 is 2.07 bits per heavy atom. The van der Waals surface area contributed by atoms with Gasteiger partial charge in [-0.05, 0) is 18.9 Å². The fourth-order valence-corrected chi connectivity index (χ4v) is 2.41. The van der Waals surface area contributed by atoms with Crippen LogP contribution in [0.3, 0.4) is 0 Å². The molecule has 1 saturated carbocycles. The SMILES string of the molecule is CCNC(CC1CCCCC1)C(=O)OC. The summed E-state index contributed by atoms with van der Waals surface area (Å²) in [6.07, 6.45) is 7.51. The van der Waals surface area contributed by atoms with Crippen molar-refractivity contribution >= 4 is 5.97 Å². The molecule has 1 aliphatic carbocycles. The van der Waals surface area contributed by atoms with Crippen molar-refractivity contribution < 1.29 is 9.53 Å². The van der Waals surface area contributed by atoms with Crippen molar-refractivity contribution in [3.05, 3.63) is 0 Å². The van der Waals surface area contributed by atoms with E-state index in [1.165, 1.54) is 39.2 Å². The monoisotopic (exact) mass is 213 g/mol. The van der Waals surface area contributed by atoms with Crippen LogP contribution in [0, 0.1) is 5.92 Å². The molecule has 1 unspecified atom stereocenters. The Morgan fingerprint density at radius 1 is 1.40 bits per heavy atom. The summed E-state index contributed by atoms with van der Waals surface area (Å²) in [5, 5.41) is 3.21. The molecule has 1 rings (SSSR count). The summed E-state index contributed by atoms with van der Waals surface area (Å²) in [6.45, 7) is 2.85. The second-order valence-corrected chi connectivity index (χ2v) is 4.37. The summed E-state index contributed by atoms with van der Waals surface area (Å²) in [4.78, 5) is 11.5. The molecular weight excluding hydrogens is 190 g/mol. The smallest absolute Gasteiger partial charge is 0.322 e. The van der Waals surface area contributed by atoms with Crippen molar-refractivity contribution in [1.82, 2.24) is 5.32 Å². The molecule has 1 N–H and O–H groups in total. The maximum absolute atomic E-state index is 11.5. The third kappa shape index (κ3) is 4.20. The molecule has 3 heteroatoms. The number of ether oxygens (including phenoxy) is 1. The number of carbonyl (C=O) groups excluding carboxylic acids is 1. The van der Waals surface area contributed by atoms with E-state index >= 15 is 0 Å². The normalized spacial score (nSPS) is 19.9. The first kappa shape index (κ1) is 12.5. The van der Waals surface area contributed by atoms with Crippen LogP contribution in [0.4, 0.5) is 0 Å². The highest BCUT2D eigenvalue weighted by Gasteiger charge is 2.23. The van der Waals surface area contributed by atoms with Crippen molar-refractivity contribution in [3.63, 3.8) is 0 Å². The summed E-state index contributed by atoms with van der Waals surface area (Å²) in [5.74, 6) is 0.601. The Balaban J connectivity index is 2.38. The molecule has 0 aromatic carbocycles. The first-order valence-corrected chi connectivity index (χ1v) is 6.09. The van der Waals surface area contributed by atoms with Crippen molar-refractivity contribution in [1.29, 1.82) is 0 Å². The lowest BCUT2D eigenvalue weighted by Gasteiger charge is -2.25. The van der Waals surface area contributed by atoms with Crippen molar-refractivity contribution in [3.8, 4) is 0 Å². The third-order valence-electron chi connectivity index (χ3n) is 3.23. The molecule has 3 nitrogen and oxygen atoms in total. The first-order chi connectivity index (χ1) is 7.27. The zero-order valence-corrected chi connectivity index (χ0v) is 9.92. The molecule has 1 atom stereocenters.